The highest BCUT2D eigenvalue weighted by atomic mass is 127. The van der Waals surface area contributed by atoms with Crippen LogP contribution in [0.15, 0.2) is 12.4 Å². The third-order valence-corrected chi connectivity index (χ3v) is 4.60. The monoisotopic (exact) mass is 368 g/mol. The van der Waals surface area contributed by atoms with Crippen molar-refractivity contribution in [2.45, 2.75) is 18.1 Å². The van der Waals surface area contributed by atoms with E-state index in [2.05, 4.69) is 32.6 Å². The number of anilines is 1. The van der Waals surface area contributed by atoms with E-state index in [1.165, 1.54) is 0 Å². The third kappa shape index (κ3) is 3.26. The first-order chi connectivity index (χ1) is 7.97. The molecule has 0 radical (unpaired) electrons. The summed E-state index contributed by atoms with van der Waals surface area (Å²) >= 11 is 2.12. The van der Waals surface area contributed by atoms with E-state index >= 15 is 0 Å². The Morgan fingerprint density at radius 3 is 2.65 bits per heavy atom. The zero-order valence-corrected chi connectivity index (χ0v) is 12.1. The molecule has 1 aliphatic heterocycles. The van der Waals surface area contributed by atoms with Gasteiger partial charge in [-0.3, -0.25) is 0 Å². The number of nitrogens with two attached hydrogens (primary N) is 1. The predicted molar refractivity (Wildman–Crippen MR) is 73.1 cm³/mol. The van der Waals surface area contributed by atoms with Crippen molar-refractivity contribution in [2.24, 2.45) is 5.14 Å². The standard InChI is InChI=1S/C9H13IN4O2S/c10-7-4-12-9(13-5-7)14-3-1-2-8(6-14)17(11,15)16/h4-5,8H,1-3,6H2,(H2,11,15,16)/t8-/m0/s1. The molecule has 0 spiro atoms. The van der Waals surface area contributed by atoms with Crippen molar-refractivity contribution in [3.8, 4) is 0 Å². The van der Waals surface area contributed by atoms with Gasteiger partial charge in [0.05, 0.1) is 5.25 Å². The van der Waals surface area contributed by atoms with Gasteiger partial charge in [0.1, 0.15) is 0 Å². The van der Waals surface area contributed by atoms with Gasteiger partial charge in [0.15, 0.2) is 0 Å². The van der Waals surface area contributed by atoms with Gasteiger partial charge in [-0.1, -0.05) is 0 Å². The summed E-state index contributed by atoms with van der Waals surface area (Å²) in [6, 6.07) is 0. The smallest absolute Gasteiger partial charge is 0.225 e. The van der Waals surface area contributed by atoms with Crippen LogP contribution in [0.2, 0.25) is 0 Å². The fraction of sp³-hybridized carbons (Fsp3) is 0.556. The highest BCUT2D eigenvalue weighted by Gasteiger charge is 2.29. The molecule has 2 rings (SSSR count). The first-order valence-electron chi connectivity index (χ1n) is 5.21. The maximum atomic E-state index is 11.3. The second-order valence-corrected chi connectivity index (χ2v) is 7.09. The summed E-state index contributed by atoms with van der Waals surface area (Å²) in [6.07, 6.45) is 4.82. The number of sulfonamides is 1. The molecule has 6 nitrogen and oxygen atoms in total. The Labute approximate surface area is 114 Å². The Balaban J connectivity index is 2.15. The quantitative estimate of drug-likeness (QED) is 0.761. The Morgan fingerprint density at radius 2 is 2.06 bits per heavy atom. The van der Waals surface area contributed by atoms with Crippen molar-refractivity contribution in [3.63, 3.8) is 0 Å². The minimum atomic E-state index is -3.47. The second kappa shape index (κ2) is 5.02. The molecular weight excluding hydrogens is 355 g/mol. The number of hydrogen-bond acceptors (Lipinski definition) is 5. The van der Waals surface area contributed by atoms with Gasteiger partial charge in [0, 0.05) is 29.1 Å². The van der Waals surface area contributed by atoms with Crippen molar-refractivity contribution in [1.29, 1.82) is 0 Å². The van der Waals surface area contributed by atoms with Gasteiger partial charge >= 0.3 is 0 Å². The molecule has 0 bridgehead atoms. The summed E-state index contributed by atoms with van der Waals surface area (Å²) in [6.45, 7) is 1.14. The molecule has 1 atom stereocenters. The van der Waals surface area contributed by atoms with E-state index in [1.54, 1.807) is 12.4 Å². The predicted octanol–water partition coefficient (Wildman–Crippen LogP) is 0.339. The molecule has 1 aliphatic rings. The lowest BCUT2D eigenvalue weighted by Crippen LogP contribution is -2.45. The van der Waals surface area contributed by atoms with Crippen molar-refractivity contribution in [3.05, 3.63) is 16.0 Å². The van der Waals surface area contributed by atoms with E-state index in [0.717, 1.165) is 16.5 Å². The van der Waals surface area contributed by atoms with Crippen molar-refractivity contribution in [1.82, 2.24) is 9.97 Å². The largest absolute Gasteiger partial charge is 0.339 e. The first-order valence-corrected chi connectivity index (χ1v) is 7.90. The van der Waals surface area contributed by atoms with E-state index < -0.39 is 15.3 Å². The molecule has 1 saturated heterocycles. The second-order valence-electron chi connectivity index (χ2n) is 4.00. The van der Waals surface area contributed by atoms with Crippen LogP contribution in [0.25, 0.3) is 0 Å². The maximum absolute atomic E-state index is 11.3. The molecule has 0 unspecified atom stereocenters. The van der Waals surface area contributed by atoms with Gasteiger partial charge in [-0.05, 0) is 35.4 Å². The Kier molecular flexibility index (Phi) is 3.83. The molecule has 1 fully saturated rings. The zero-order chi connectivity index (χ0) is 12.5. The van der Waals surface area contributed by atoms with Crippen LogP contribution in [0.4, 0.5) is 5.95 Å². The van der Waals surface area contributed by atoms with Crippen LogP contribution in [0.1, 0.15) is 12.8 Å². The molecule has 94 valence electrons. The molecule has 0 saturated carbocycles. The summed E-state index contributed by atoms with van der Waals surface area (Å²) in [5, 5.41) is 4.66. The topological polar surface area (TPSA) is 89.2 Å². The van der Waals surface area contributed by atoms with E-state index in [4.69, 9.17) is 5.14 Å². The van der Waals surface area contributed by atoms with Crippen LogP contribution in [-0.4, -0.2) is 36.7 Å². The number of halogens is 1. The Morgan fingerprint density at radius 1 is 1.41 bits per heavy atom. The highest BCUT2D eigenvalue weighted by Crippen LogP contribution is 2.19. The van der Waals surface area contributed by atoms with Crippen LogP contribution < -0.4 is 10.0 Å². The third-order valence-electron chi connectivity index (χ3n) is 2.73. The van der Waals surface area contributed by atoms with Crippen LogP contribution >= 0.6 is 22.6 Å². The molecule has 2 N–H and O–H groups in total. The number of primary sulfonamides is 1. The molecule has 0 aromatic carbocycles. The van der Waals surface area contributed by atoms with Gasteiger partial charge in [0.25, 0.3) is 0 Å². The van der Waals surface area contributed by atoms with Crippen LogP contribution in [0.5, 0.6) is 0 Å². The lowest BCUT2D eigenvalue weighted by Gasteiger charge is -2.31. The average molecular weight is 368 g/mol. The van der Waals surface area contributed by atoms with E-state index in [9.17, 15) is 8.42 Å². The summed E-state index contributed by atoms with van der Waals surface area (Å²) < 4.78 is 23.6. The summed E-state index contributed by atoms with van der Waals surface area (Å²) in [5.74, 6) is 0.568. The number of rotatable bonds is 2. The van der Waals surface area contributed by atoms with Crippen molar-refractivity contribution < 1.29 is 8.42 Å². The Bertz CT molecular complexity index is 490. The summed E-state index contributed by atoms with van der Waals surface area (Å²) in [7, 11) is -3.47. The van der Waals surface area contributed by atoms with Gasteiger partial charge in [-0.25, -0.2) is 23.5 Å². The van der Waals surface area contributed by atoms with Crippen LogP contribution in [-0.2, 0) is 10.0 Å². The minimum absolute atomic E-state index is 0.374. The average Bonchev–Trinajstić information content (AvgIpc) is 2.29. The van der Waals surface area contributed by atoms with Crippen LogP contribution in [0, 0.1) is 3.57 Å². The molecule has 1 aromatic rings. The van der Waals surface area contributed by atoms with Crippen molar-refractivity contribution in [2.75, 3.05) is 18.0 Å². The normalized spacial score (nSPS) is 21.5. The molecule has 1 aromatic heterocycles. The minimum Gasteiger partial charge on any atom is -0.339 e. The lowest BCUT2D eigenvalue weighted by molar-refractivity contribution is 0.528. The van der Waals surface area contributed by atoms with Gasteiger partial charge < -0.3 is 4.90 Å². The van der Waals surface area contributed by atoms with E-state index in [0.29, 0.717) is 18.9 Å². The summed E-state index contributed by atoms with van der Waals surface area (Å²) in [4.78, 5) is 10.2. The van der Waals surface area contributed by atoms with Gasteiger partial charge in [-0.15, -0.1) is 0 Å². The highest BCUT2D eigenvalue weighted by molar-refractivity contribution is 14.1. The number of piperidine rings is 1. The molecule has 17 heavy (non-hydrogen) atoms. The number of aromatic nitrogens is 2. The van der Waals surface area contributed by atoms with Crippen molar-refractivity contribution >= 4 is 38.6 Å². The molecule has 8 heteroatoms. The fourth-order valence-corrected chi connectivity index (χ4v) is 3.02. The van der Waals surface area contributed by atoms with Gasteiger partial charge in [-0.2, -0.15) is 0 Å². The van der Waals surface area contributed by atoms with Crippen LogP contribution in [0.3, 0.4) is 0 Å². The van der Waals surface area contributed by atoms with Gasteiger partial charge in [0.2, 0.25) is 16.0 Å². The maximum Gasteiger partial charge on any atom is 0.225 e. The summed E-state index contributed by atoms with van der Waals surface area (Å²) in [5.41, 5.74) is 0. The lowest BCUT2D eigenvalue weighted by atomic mass is 10.1. The Hall–Kier alpha value is -0.480. The molecule has 0 amide bonds. The number of nitrogens with zero attached hydrogens (tertiary/aromatic N) is 3. The van der Waals surface area contributed by atoms with E-state index in [-0.39, 0.29) is 0 Å². The fourth-order valence-electron chi connectivity index (χ4n) is 1.86. The SMILES string of the molecule is NS(=O)(=O)[C@H]1CCCN(c2ncc(I)cn2)C1. The molecule has 0 aliphatic carbocycles. The number of hydrogen-bond donors (Lipinski definition) is 1. The molecule has 2 heterocycles. The van der Waals surface area contributed by atoms with E-state index in [1.807, 2.05) is 4.90 Å². The zero-order valence-electron chi connectivity index (χ0n) is 9.08. The molecular formula is C9H13IN4O2S. The first kappa shape index (κ1) is 13.0.